The molecule has 1 aliphatic heterocycles. The van der Waals surface area contributed by atoms with Crippen LogP contribution in [0.1, 0.15) is 51.0 Å². The van der Waals surface area contributed by atoms with Crippen molar-refractivity contribution in [3.8, 4) is 0 Å². The molecule has 1 aromatic rings. The third kappa shape index (κ3) is 4.95. The Labute approximate surface area is 156 Å². The number of allylic oxidation sites excluding steroid dienone is 1. The minimum Gasteiger partial charge on any atom is -0.481 e. The molecule has 1 saturated heterocycles. The van der Waals surface area contributed by atoms with Crippen LogP contribution in [0.25, 0.3) is 0 Å². The smallest absolute Gasteiger partial charge is 0.303 e. The molecule has 1 N–H and O–H groups in total. The van der Waals surface area contributed by atoms with Gasteiger partial charge in [-0.05, 0) is 43.1 Å². The summed E-state index contributed by atoms with van der Waals surface area (Å²) in [5.74, 6) is -0.220. The first-order valence-corrected chi connectivity index (χ1v) is 9.71. The van der Waals surface area contributed by atoms with Gasteiger partial charge in [0.1, 0.15) is 0 Å². The van der Waals surface area contributed by atoms with Crippen LogP contribution in [0.4, 0.5) is 0 Å². The zero-order valence-electron chi connectivity index (χ0n) is 15.6. The fraction of sp³-hybridized carbons (Fsp3) is 0.591. The lowest BCUT2D eigenvalue weighted by atomic mass is 9.80. The summed E-state index contributed by atoms with van der Waals surface area (Å²) < 4.78 is 12.2. The normalized spacial score (nSPS) is 30.3. The van der Waals surface area contributed by atoms with E-state index in [0.29, 0.717) is 25.0 Å². The molecule has 0 amide bonds. The Morgan fingerprint density at radius 3 is 2.81 bits per heavy atom. The molecule has 2 bridgehead atoms. The van der Waals surface area contributed by atoms with Gasteiger partial charge in [-0.15, -0.1) is 0 Å². The number of carboxylic acid groups (broad SMARTS) is 1. The minimum atomic E-state index is -0.720. The van der Waals surface area contributed by atoms with Gasteiger partial charge in [-0.25, -0.2) is 0 Å². The van der Waals surface area contributed by atoms with Gasteiger partial charge in [0.25, 0.3) is 0 Å². The van der Waals surface area contributed by atoms with E-state index in [1.807, 2.05) is 18.2 Å². The lowest BCUT2D eigenvalue weighted by Gasteiger charge is -2.34. The Kier molecular flexibility index (Phi) is 6.49. The number of hydrogen-bond donors (Lipinski definition) is 1. The summed E-state index contributed by atoms with van der Waals surface area (Å²) in [6, 6.07) is 10.3. The Morgan fingerprint density at radius 1 is 1.31 bits per heavy atom. The zero-order valence-corrected chi connectivity index (χ0v) is 15.6. The van der Waals surface area contributed by atoms with Gasteiger partial charge in [-0.1, -0.05) is 49.4 Å². The molecular weight excluding hydrogens is 328 g/mol. The number of fused-ring (bicyclic) bond motifs is 2. The number of hydrogen-bond acceptors (Lipinski definition) is 3. The van der Waals surface area contributed by atoms with Crippen LogP contribution in [0.2, 0.25) is 0 Å². The lowest BCUT2D eigenvalue weighted by Crippen LogP contribution is -2.34. The van der Waals surface area contributed by atoms with Crippen molar-refractivity contribution in [2.24, 2.45) is 11.3 Å². The number of rotatable bonds is 10. The van der Waals surface area contributed by atoms with Crippen LogP contribution in [0.15, 0.2) is 42.5 Å². The van der Waals surface area contributed by atoms with Crippen molar-refractivity contribution < 1.29 is 19.4 Å². The molecule has 4 atom stereocenters. The van der Waals surface area contributed by atoms with Gasteiger partial charge in [0, 0.05) is 12.3 Å². The molecule has 0 aromatic heterocycles. The van der Waals surface area contributed by atoms with Gasteiger partial charge in [0.05, 0.1) is 25.4 Å². The molecular formula is C22H30O4. The van der Waals surface area contributed by atoms with Gasteiger partial charge >= 0.3 is 5.97 Å². The highest BCUT2D eigenvalue weighted by atomic mass is 16.5. The molecule has 2 fully saturated rings. The van der Waals surface area contributed by atoms with Crippen LogP contribution in [0.3, 0.4) is 0 Å². The van der Waals surface area contributed by atoms with E-state index < -0.39 is 5.97 Å². The summed E-state index contributed by atoms with van der Waals surface area (Å²) in [5.41, 5.74) is 1.46. The van der Waals surface area contributed by atoms with Crippen molar-refractivity contribution in [3.63, 3.8) is 0 Å². The number of aliphatic carboxylic acids is 1. The van der Waals surface area contributed by atoms with Crippen molar-refractivity contribution >= 4 is 5.97 Å². The van der Waals surface area contributed by atoms with Crippen LogP contribution in [0.5, 0.6) is 0 Å². The molecule has 1 heterocycles. The molecule has 2 aliphatic rings. The first-order valence-electron chi connectivity index (χ1n) is 9.71. The fourth-order valence-electron chi connectivity index (χ4n) is 4.35. The molecule has 1 aliphatic carbocycles. The standard InChI is InChI=1S/C22H30O4/c1-22-13-18(16-25-15-17-9-5-4-6-10-17)19(14-22)26-20(22)11-7-2-3-8-12-21(23)24/h2,4-7,9-10,18-20H,3,8,11-16H2,1H3,(H,23,24)/t18-,19+,20?,22-/m0/s1. The van der Waals surface area contributed by atoms with E-state index in [2.05, 4.69) is 31.2 Å². The predicted octanol–water partition coefficient (Wildman–Crippen LogP) is 4.59. The number of ether oxygens (including phenoxy) is 2. The Balaban J connectivity index is 1.37. The Bertz CT molecular complexity index is 612. The van der Waals surface area contributed by atoms with Gasteiger partial charge in [0.2, 0.25) is 0 Å². The molecule has 3 rings (SSSR count). The monoisotopic (exact) mass is 358 g/mol. The number of carboxylic acids is 1. The zero-order chi connectivity index (χ0) is 18.4. The lowest BCUT2D eigenvalue weighted by molar-refractivity contribution is -0.137. The maximum atomic E-state index is 10.5. The van der Waals surface area contributed by atoms with Crippen molar-refractivity contribution in [2.45, 2.75) is 64.3 Å². The van der Waals surface area contributed by atoms with Crippen LogP contribution in [-0.2, 0) is 20.9 Å². The molecule has 1 saturated carbocycles. The summed E-state index contributed by atoms with van der Waals surface area (Å²) in [5, 5.41) is 8.64. The first kappa shape index (κ1) is 19.1. The average molecular weight is 358 g/mol. The van der Waals surface area contributed by atoms with E-state index in [9.17, 15) is 4.79 Å². The summed E-state index contributed by atoms with van der Waals surface area (Å²) >= 11 is 0. The minimum absolute atomic E-state index is 0.245. The van der Waals surface area contributed by atoms with Crippen molar-refractivity contribution in [1.82, 2.24) is 0 Å². The second-order valence-corrected chi connectivity index (χ2v) is 7.98. The molecule has 0 spiro atoms. The molecule has 4 heteroatoms. The maximum Gasteiger partial charge on any atom is 0.303 e. The summed E-state index contributed by atoms with van der Waals surface area (Å²) in [6.07, 6.45) is 9.88. The average Bonchev–Trinajstić information content (AvgIpc) is 3.11. The van der Waals surface area contributed by atoms with E-state index in [4.69, 9.17) is 14.6 Å². The SMILES string of the molecule is C[C@]12C[C@@H](COCc3ccccc3)[C@@H](C1)OC2CC=CCCCC(=O)O. The van der Waals surface area contributed by atoms with Crippen LogP contribution >= 0.6 is 0 Å². The van der Waals surface area contributed by atoms with Gasteiger partial charge in [-0.2, -0.15) is 0 Å². The van der Waals surface area contributed by atoms with Crippen LogP contribution in [-0.4, -0.2) is 29.9 Å². The summed E-state index contributed by atoms with van der Waals surface area (Å²) in [6.45, 7) is 3.78. The Morgan fingerprint density at radius 2 is 2.12 bits per heavy atom. The highest BCUT2D eigenvalue weighted by Gasteiger charge is 2.54. The number of unbranched alkanes of at least 4 members (excludes halogenated alkanes) is 1. The highest BCUT2D eigenvalue weighted by molar-refractivity contribution is 5.66. The highest BCUT2D eigenvalue weighted by Crippen LogP contribution is 2.54. The summed E-state index contributed by atoms with van der Waals surface area (Å²) in [4.78, 5) is 10.5. The van der Waals surface area contributed by atoms with E-state index in [-0.39, 0.29) is 17.9 Å². The maximum absolute atomic E-state index is 10.5. The molecule has 1 unspecified atom stereocenters. The number of carbonyl (C=O) groups is 1. The molecule has 0 radical (unpaired) electrons. The quantitative estimate of drug-likeness (QED) is 0.491. The van der Waals surface area contributed by atoms with Gasteiger partial charge in [0.15, 0.2) is 0 Å². The van der Waals surface area contributed by atoms with Gasteiger partial charge in [-0.3, -0.25) is 4.79 Å². The van der Waals surface area contributed by atoms with Crippen molar-refractivity contribution in [2.75, 3.05) is 6.61 Å². The summed E-state index contributed by atoms with van der Waals surface area (Å²) in [7, 11) is 0. The fourth-order valence-corrected chi connectivity index (χ4v) is 4.35. The second-order valence-electron chi connectivity index (χ2n) is 7.98. The predicted molar refractivity (Wildman–Crippen MR) is 101 cm³/mol. The van der Waals surface area contributed by atoms with E-state index in [1.54, 1.807) is 0 Å². The molecule has 26 heavy (non-hydrogen) atoms. The first-order chi connectivity index (χ1) is 12.6. The van der Waals surface area contributed by atoms with E-state index in [0.717, 1.165) is 25.9 Å². The van der Waals surface area contributed by atoms with E-state index in [1.165, 1.54) is 12.0 Å². The molecule has 1 aromatic carbocycles. The van der Waals surface area contributed by atoms with Crippen molar-refractivity contribution in [1.29, 1.82) is 0 Å². The van der Waals surface area contributed by atoms with Gasteiger partial charge < -0.3 is 14.6 Å². The largest absolute Gasteiger partial charge is 0.481 e. The molecule has 4 nitrogen and oxygen atoms in total. The topological polar surface area (TPSA) is 55.8 Å². The van der Waals surface area contributed by atoms with Crippen LogP contribution in [0, 0.1) is 11.3 Å². The Hall–Kier alpha value is -1.65. The number of benzene rings is 1. The van der Waals surface area contributed by atoms with Crippen molar-refractivity contribution in [3.05, 3.63) is 48.0 Å². The third-order valence-electron chi connectivity index (χ3n) is 5.76. The van der Waals surface area contributed by atoms with E-state index >= 15 is 0 Å². The second kappa shape index (κ2) is 8.83. The molecule has 142 valence electrons. The van der Waals surface area contributed by atoms with Crippen LogP contribution < -0.4 is 0 Å². The third-order valence-corrected chi connectivity index (χ3v) is 5.76.